The summed E-state index contributed by atoms with van der Waals surface area (Å²) in [6.07, 6.45) is 0. The highest BCUT2D eigenvalue weighted by Gasteiger charge is 2.43. The highest BCUT2D eigenvalue weighted by atomic mass is 16.5. The average molecular weight is 238 g/mol. The van der Waals surface area contributed by atoms with E-state index in [9.17, 15) is 9.90 Å². The van der Waals surface area contributed by atoms with E-state index >= 15 is 0 Å². The summed E-state index contributed by atoms with van der Waals surface area (Å²) < 4.78 is 15.6. The number of phenolic OH excluding ortho intramolecular Hbond substituents is 1. The third-order valence-corrected chi connectivity index (χ3v) is 2.75. The summed E-state index contributed by atoms with van der Waals surface area (Å²) in [5.74, 6) is 0.272. The topological polar surface area (TPSA) is 65.0 Å². The van der Waals surface area contributed by atoms with Crippen molar-refractivity contribution in [3.05, 3.63) is 11.6 Å². The molecule has 92 valence electrons. The summed E-state index contributed by atoms with van der Waals surface area (Å²) in [5, 5.41) is 10.0. The molecule has 1 N–H and O–H groups in total. The summed E-state index contributed by atoms with van der Waals surface area (Å²) in [7, 11) is 2.85. The molecule has 0 saturated carbocycles. The summed E-state index contributed by atoms with van der Waals surface area (Å²) in [4.78, 5) is 12.0. The van der Waals surface area contributed by atoms with E-state index in [0.717, 1.165) is 0 Å². The number of methoxy groups -OCH3 is 2. The Morgan fingerprint density at radius 2 is 1.94 bits per heavy atom. The first-order valence-electron chi connectivity index (χ1n) is 5.14. The zero-order valence-corrected chi connectivity index (χ0v) is 10.2. The zero-order valence-electron chi connectivity index (χ0n) is 10.2. The fourth-order valence-electron chi connectivity index (χ4n) is 1.87. The fourth-order valence-corrected chi connectivity index (χ4v) is 1.87. The van der Waals surface area contributed by atoms with Crippen LogP contribution in [0.3, 0.4) is 0 Å². The van der Waals surface area contributed by atoms with Gasteiger partial charge in [0.15, 0.2) is 17.1 Å². The van der Waals surface area contributed by atoms with Gasteiger partial charge in [-0.2, -0.15) is 0 Å². The van der Waals surface area contributed by atoms with Crippen molar-refractivity contribution in [3.8, 4) is 23.0 Å². The van der Waals surface area contributed by atoms with Gasteiger partial charge in [0.05, 0.1) is 14.2 Å². The molecule has 0 bridgehead atoms. The lowest BCUT2D eigenvalue weighted by atomic mass is 9.98. The maximum Gasteiger partial charge on any atom is 0.213 e. The Labute approximate surface area is 98.9 Å². The van der Waals surface area contributed by atoms with Crippen LogP contribution >= 0.6 is 0 Å². The first kappa shape index (κ1) is 11.6. The van der Waals surface area contributed by atoms with Gasteiger partial charge in [0.2, 0.25) is 11.5 Å². The number of phenols is 1. The molecule has 5 heteroatoms. The van der Waals surface area contributed by atoms with E-state index in [1.165, 1.54) is 14.2 Å². The van der Waals surface area contributed by atoms with E-state index in [0.29, 0.717) is 11.5 Å². The molecule has 0 radical (unpaired) electrons. The van der Waals surface area contributed by atoms with Gasteiger partial charge in [0.1, 0.15) is 11.3 Å². The first-order chi connectivity index (χ1) is 7.92. The molecular formula is C12H14O5. The summed E-state index contributed by atoms with van der Waals surface area (Å²) in [6, 6.07) is 1.54. The van der Waals surface area contributed by atoms with Crippen LogP contribution in [0.25, 0.3) is 0 Å². The molecule has 0 aromatic heterocycles. The van der Waals surface area contributed by atoms with E-state index < -0.39 is 5.60 Å². The lowest BCUT2D eigenvalue weighted by Crippen LogP contribution is -2.31. The van der Waals surface area contributed by atoms with Crippen molar-refractivity contribution in [1.82, 2.24) is 0 Å². The molecule has 1 aromatic rings. The molecule has 0 saturated heterocycles. The SMILES string of the molecule is COc1cc2c(c(O)c1OC)C(=O)C(C)(C)O2. The minimum absolute atomic E-state index is 0.140. The number of ketones is 1. The van der Waals surface area contributed by atoms with Gasteiger partial charge in [0, 0.05) is 6.07 Å². The maximum atomic E-state index is 12.0. The zero-order chi connectivity index (χ0) is 12.8. The van der Waals surface area contributed by atoms with Crippen molar-refractivity contribution in [2.75, 3.05) is 14.2 Å². The van der Waals surface area contributed by atoms with Crippen LogP contribution < -0.4 is 14.2 Å². The van der Waals surface area contributed by atoms with Crippen molar-refractivity contribution < 1.29 is 24.1 Å². The van der Waals surface area contributed by atoms with Gasteiger partial charge in [-0.05, 0) is 13.8 Å². The van der Waals surface area contributed by atoms with Crippen molar-refractivity contribution in [1.29, 1.82) is 0 Å². The Kier molecular flexibility index (Phi) is 2.41. The molecule has 0 unspecified atom stereocenters. The normalized spacial score (nSPS) is 16.4. The molecule has 0 spiro atoms. The monoisotopic (exact) mass is 238 g/mol. The number of rotatable bonds is 2. The summed E-state index contributed by atoms with van der Waals surface area (Å²) >= 11 is 0. The van der Waals surface area contributed by atoms with E-state index in [-0.39, 0.29) is 22.8 Å². The van der Waals surface area contributed by atoms with E-state index in [1.807, 2.05) is 0 Å². The van der Waals surface area contributed by atoms with Crippen molar-refractivity contribution in [2.45, 2.75) is 19.4 Å². The van der Waals surface area contributed by atoms with Crippen LogP contribution in [0.2, 0.25) is 0 Å². The molecule has 0 amide bonds. The van der Waals surface area contributed by atoms with Crippen LogP contribution in [0.15, 0.2) is 6.07 Å². The second kappa shape index (κ2) is 3.55. The van der Waals surface area contributed by atoms with Crippen molar-refractivity contribution in [2.24, 2.45) is 0 Å². The van der Waals surface area contributed by atoms with Crippen molar-refractivity contribution >= 4 is 5.78 Å². The highest BCUT2D eigenvalue weighted by Crippen LogP contribution is 2.49. The molecule has 0 aliphatic carbocycles. The second-order valence-electron chi connectivity index (χ2n) is 4.28. The molecule has 1 aliphatic heterocycles. The lowest BCUT2D eigenvalue weighted by Gasteiger charge is -2.15. The molecular weight excluding hydrogens is 224 g/mol. The van der Waals surface area contributed by atoms with Gasteiger partial charge in [-0.15, -0.1) is 0 Å². The number of carbonyl (C=O) groups excluding carboxylic acids is 1. The number of hydrogen-bond acceptors (Lipinski definition) is 5. The molecule has 0 atom stereocenters. The third kappa shape index (κ3) is 1.50. The Hall–Kier alpha value is -1.91. The van der Waals surface area contributed by atoms with E-state index in [2.05, 4.69) is 0 Å². The van der Waals surface area contributed by atoms with Crippen LogP contribution in [0.5, 0.6) is 23.0 Å². The number of Topliss-reactive ketones (excluding diaryl/α,β-unsaturated/α-hetero) is 1. The molecule has 17 heavy (non-hydrogen) atoms. The van der Waals surface area contributed by atoms with Gasteiger partial charge < -0.3 is 19.3 Å². The Bertz CT molecular complexity index is 490. The average Bonchev–Trinajstić information content (AvgIpc) is 2.49. The van der Waals surface area contributed by atoms with Gasteiger partial charge in [-0.3, -0.25) is 4.79 Å². The molecule has 1 aliphatic rings. The Balaban J connectivity index is 2.68. The van der Waals surface area contributed by atoms with Crippen LogP contribution in [0.1, 0.15) is 24.2 Å². The van der Waals surface area contributed by atoms with Gasteiger partial charge in [-0.1, -0.05) is 0 Å². The standard InChI is InChI=1S/C12H14O5/c1-12(2)11(14)8-6(17-12)5-7(15-3)10(16-4)9(8)13/h5,13H,1-4H3. The number of ether oxygens (including phenoxy) is 3. The van der Waals surface area contributed by atoms with Gasteiger partial charge >= 0.3 is 0 Å². The van der Waals surface area contributed by atoms with Crippen LogP contribution in [0, 0.1) is 0 Å². The van der Waals surface area contributed by atoms with E-state index in [1.54, 1.807) is 19.9 Å². The largest absolute Gasteiger partial charge is 0.504 e. The quantitative estimate of drug-likeness (QED) is 0.850. The highest BCUT2D eigenvalue weighted by molar-refractivity contribution is 6.10. The summed E-state index contributed by atoms with van der Waals surface area (Å²) in [6.45, 7) is 3.29. The van der Waals surface area contributed by atoms with Gasteiger partial charge in [-0.25, -0.2) is 0 Å². The molecule has 1 heterocycles. The number of benzene rings is 1. The van der Waals surface area contributed by atoms with Gasteiger partial charge in [0.25, 0.3) is 0 Å². The fraction of sp³-hybridized carbons (Fsp3) is 0.417. The predicted octanol–water partition coefficient (Wildman–Crippen LogP) is 1.76. The summed E-state index contributed by atoms with van der Waals surface area (Å²) in [5.41, 5.74) is -0.829. The van der Waals surface area contributed by atoms with Crippen LogP contribution in [-0.2, 0) is 0 Å². The number of carbonyl (C=O) groups is 1. The number of hydrogen-bond donors (Lipinski definition) is 1. The van der Waals surface area contributed by atoms with Crippen LogP contribution in [0.4, 0.5) is 0 Å². The predicted molar refractivity (Wildman–Crippen MR) is 60.2 cm³/mol. The number of aromatic hydroxyl groups is 1. The molecule has 1 aromatic carbocycles. The molecule has 0 fully saturated rings. The Morgan fingerprint density at radius 3 is 2.47 bits per heavy atom. The van der Waals surface area contributed by atoms with E-state index in [4.69, 9.17) is 14.2 Å². The first-order valence-corrected chi connectivity index (χ1v) is 5.14. The number of fused-ring (bicyclic) bond motifs is 1. The lowest BCUT2D eigenvalue weighted by molar-refractivity contribution is 0.0683. The van der Waals surface area contributed by atoms with Crippen LogP contribution in [-0.4, -0.2) is 30.7 Å². The minimum atomic E-state index is -0.975. The third-order valence-electron chi connectivity index (χ3n) is 2.75. The van der Waals surface area contributed by atoms with Crippen molar-refractivity contribution in [3.63, 3.8) is 0 Å². The molecule has 2 rings (SSSR count). The maximum absolute atomic E-state index is 12.0. The minimum Gasteiger partial charge on any atom is -0.504 e. The second-order valence-corrected chi connectivity index (χ2v) is 4.28. The Morgan fingerprint density at radius 1 is 1.29 bits per heavy atom. The molecule has 5 nitrogen and oxygen atoms in total. The smallest absolute Gasteiger partial charge is 0.213 e.